The topological polar surface area (TPSA) is 0 Å². The molecule has 72 valence electrons. The fourth-order valence-corrected chi connectivity index (χ4v) is 2.00. The maximum atomic E-state index is 2.37. The summed E-state index contributed by atoms with van der Waals surface area (Å²) < 4.78 is 0. The average molecular weight is 184 g/mol. The van der Waals surface area contributed by atoms with Crippen LogP contribution in [0.25, 0.3) is 5.57 Å². The predicted octanol–water partition coefficient (Wildman–Crippen LogP) is 4.06. The van der Waals surface area contributed by atoms with Crippen molar-refractivity contribution in [1.82, 2.24) is 0 Å². The van der Waals surface area contributed by atoms with E-state index in [4.69, 9.17) is 0 Å². The van der Waals surface area contributed by atoms with Crippen molar-refractivity contribution in [2.45, 2.75) is 20.3 Å². The summed E-state index contributed by atoms with van der Waals surface area (Å²) in [7, 11) is 0. The van der Waals surface area contributed by atoms with E-state index < -0.39 is 0 Å². The molecule has 1 saturated carbocycles. The highest BCUT2D eigenvalue weighted by atomic mass is 14.3. The van der Waals surface area contributed by atoms with Gasteiger partial charge in [-0.15, -0.1) is 0 Å². The van der Waals surface area contributed by atoms with Crippen LogP contribution in [0.1, 0.15) is 25.8 Å². The lowest BCUT2D eigenvalue weighted by atomic mass is 10.00. The molecule has 0 heteroatoms. The first-order valence-corrected chi connectivity index (χ1v) is 4.89. The maximum absolute atomic E-state index is 2.37. The van der Waals surface area contributed by atoms with Crippen LogP contribution in [0.4, 0.5) is 0 Å². The van der Waals surface area contributed by atoms with Crippen molar-refractivity contribution in [1.29, 1.82) is 0 Å². The molecule has 1 aromatic rings. The highest BCUT2D eigenvalue weighted by Gasteiger charge is 2.30. The van der Waals surface area contributed by atoms with Gasteiger partial charge in [0, 0.05) is 0 Å². The zero-order valence-corrected chi connectivity index (χ0v) is 7.53. The van der Waals surface area contributed by atoms with Gasteiger partial charge in [0.15, 0.2) is 0 Å². The lowest BCUT2D eigenvalue weighted by Gasteiger charge is -2.05. The summed E-state index contributed by atoms with van der Waals surface area (Å²) >= 11 is 0. The monoisotopic (exact) mass is 184 g/mol. The molecule has 2 aliphatic carbocycles. The van der Waals surface area contributed by atoms with Crippen molar-refractivity contribution in [3.05, 3.63) is 53.6 Å². The minimum Gasteiger partial charge on any atom is -0.0776 e. The normalized spacial score (nSPS) is 22.7. The van der Waals surface area contributed by atoms with Gasteiger partial charge in [-0.05, 0) is 29.9 Å². The van der Waals surface area contributed by atoms with Crippen LogP contribution in [-0.4, -0.2) is 0 Å². The van der Waals surface area contributed by atoms with Crippen LogP contribution in [0.2, 0.25) is 0 Å². The van der Waals surface area contributed by atoms with Crippen molar-refractivity contribution in [3.63, 3.8) is 0 Å². The highest BCUT2D eigenvalue weighted by molar-refractivity contribution is 5.77. The highest BCUT2D eigenvalue weighted by Crippen LogP contribution is 2.46. The Bertz CT molecular complexity index is 382. The van der Waals surface area contributed by atoms with Crippen LogP contribution in [0.5, 0.6) is 0 Å². The Kier molecular flexibility index (Phi) is 2.28. The summed E-state index contributed by atoms with van der Waals surface area (Å²) in [5.74, 6) is 0.910. The molecule has 0 aliphatic heterocycles. The third-order valence-corrected chi connectivity index (χ3v) is 2.92. The third kappa shape index (κ3) is 1.52. The smallest absolute Gasteiger partial charge is 0.0127 e. The Balaban J connectivity index is 0.000000750. The summed E-state index contributed by atoms with van der Waals surface area (Å²) in [5.41, 5.74) is 4.44. The van der Waals surface area contributed by atoms with Gasteiger partial charge in [0.1, 0.15) is 0 Å². The van der Waals surface area contributed by atoms with Crippen LogP contribution < -0.4 is 0 Å². The Hall–Kier alpha value is -1.30. The molecular formula is C14H16. The van der Waals surface area contributed by atoms with Gasteiger partial charge in [-0.2, -0.15) is 0 Å². The predicted molar refractivity (Wildman–Crippen MR) is 62.0 cm³/mol. The number of hydrogen-bond acceptors (Lipinski definition) is 0. The van der Waals surface area contributed by atoms with Crippen molar-refractivity contribution >= 4 is 5.57 Å². The molecule has 1 unspecified atom stereocenters. The Labute approximate surface area is 86.0 Å². The van der Waals surface area contributed by atoms with E-state index in [0.717, 1.165) is 5.92 Å². The van der Waals surface area contributed by atoms with Crippen molar-refractivity contribution in [2.75, 3.05) is 0 Å². The lowest BCUT2D eigenvalue weighted by Crippen LogP contribution is -1.85. The fourth-order valence-electron chi connectivity index (χ4n) is 2.00. The molecular weight excluding hydrogens is 168 g/mol. The van der Waals surface area contributed by atoms with E-state index in [1.807, 2.05) is 0 Å². The minimum absolute atomic E-state index is 0. The summed E-state index contributed by atoms with van der Waals surface area (Å²) in [4.78, 5) is 0. The number of fused-ring (bicyclic) bond motifs is 1. The second-order valence-electron chi connectivity index (χ2n) is 3.88. The number of benzene rings is 1. The molecule has 0 nitrogen and oxygen atoms in total. The van der Waals surface area contributed by atoms with E-state index in [1.165, 1.54) is 24.0 Å². The molecule has 1 aromatic carbocycles. The molecule has 0 amide bonds. The average Bonchev–Trinajstić information content (AvgIpc) is 2.96. The van der Waals surface area contributed by atoms with Gasteiger partial charge in [0.25, 0.3) is 0 Å². The Morgan fingerprint density at radius 2 is 1.86 bits per heavy atom. The van der Waals surface area contributed by atoms with E-state index in [9.17, 15) is 0 Å². The van der Waals surface area contributed by atoms with Gasteiger partial charge in [-0.1, -0.05) is 55.5 Å². The molecule has 0 N–H and O–H groups in total. The van der Waals surface area contributed by atoms with Crippen molar-refractivity contribution in [2.24, 2.45) is 5.92 Å². The van der Waals surface area contributed by atoms with Crippen LogP contribution in [0.3, 0.4) is 0 Å². The molecule has 0 aromatic heterocycles. The van der Waals surface area contributed by atoms with Crippen molar-refractivity contribution in [3.8, 4) is 0 Å². The molecule has 2 aliphatic rings. The lowest BCUT2D eigenvalue weighted by molar-refractivity contribution is 0.890. The van der Waals surface area contributed by atoms with Crippen molar-refractivity contribution < 1.29 is 0 Å². The quantitative estimate of drug-likeness (QED) is 0.617. The molecule has 1 atom stereocenters. The molecule has 0 spiro atoms. The van der Waals surface area contributed by atoms with Crippen LogP contribution >= 0.6 is 0 Å². The molecule has 0 bridgehead atoms. The van der Waals surface area contributed by atoms with Gasteiger partial charge >= 0.3 is 0 Å². The number of allylic oxidation sites excluding steroid dienone is 4. The van der Waals surface area contributed by atoms with E-state index >= 15 is 0 Å². The summed E-state index contributed by atoms with van der Waals surface area (Å²) in [6, 6.07) is 10.7. The molecule has 0 radical (unpaired) electrons. The SMILES string of the molecule is C.C1=C(c2ccccc2)C=C2CC2C1. The first-order valence-electron chi connectivity index (χ1n) is 4.89. The first kappa shape index (κ1) is 9.26. The molecule has 14 heavy (non-hydrogen) atoms. The number of hydrogen-bond donors (Lipinski definition) is 0. The maximum Gasteiger partial charge on any atom is -0.0127 e. The van der Waals surface area contributed by atoms with E-state index in [0.29, 0.717) is 0 Å². The second kappa shape index (κ2) is 3.45. The minimum atomic E-state index is 0. The van der Waals surface area contributed by atoms with Gasteiger partial charge in [-0.3, -0.25) is 0 Å². The second-order valence-corrected chi connectivity index (χ2v) is 3.88. The number of rotatable bonds is 1. The molecule has 1 fully saturated rings. The van der Waals surface area contributed by atoms with Gasteiger partial charge in [0.05, 0.1) is 0 Å². The summed E-state index contributed by atoms with van der Waals surface area (Å²) in [6.07, 6.45) is 7.34. The summed E-state index contributed by atoms with van der Waals surface area (Å²) in [5, 5.41) is 0. The molecule has 0 saturated heterocycles. The third-order valence-electron chi connectivity index (χ3n) is 2.92. The standard InChI is InChI=1S/C13H12.CH4/c1-2-4-10(5-3-1)11-6-7-12-9-13(12)8-11;/h1-6,8,12H,7,9H2;1H4. The van der Waals surface area contributed by atoms with Gasteiger partial charge < -0.3 is 0 Å². The van der Waals surface area contributed by atoms with E-state index in [-0.39, 0.29) is 7.43 Å². The van der Waals surface area contributed by atoms with Crippen LogP contribution in [0, 0.1) is 5.92 Å². The van der Waals surface area contributed by atoms with Gasteiger partial charge in [0.2, 0.25) is 0 Å². The van der Waals surface area contributed by atoms with E-state index in [2.05, 4.69) is 42.5 Å². The Morgan fingerprint density at radius 1 is 1.07 bits per heavy atom. The van der Waals surface area contributed by atoms with Crippen LogP contribution in [-0.2, 0) is 0 Å². The zero-order chi connectivity index (χ0) is 8.67. The largest absolute Gasteiger partial charge is 0.0776 e. The Morgan fingerprint density at radius 3 is 2.57 bits per heavy atom. The fraction of sp³-hybridized carbons (Fsp3) is 0.286. The van der Waals surface area contributed by atoms with Gasteiger partial charge in [-0.25, -0.2) is 0 Å². The first-order chi connectivity index (χ1) is 6.43. The summed E-state index contributed by atoms with van der Waals surface area (Å²) in [6.45, 7) is 0. The van der Waals surface area contributed by atoms with Crippen LogP contribution in [0.15, 0.2) is 48.1 Å². The molecule has 3 rings (SSSR count). The zero-order valence-electron chi connectivity index (χ0n) is 7.53. The van der Waals surface area contributed by atoms with E-state index in [1.54, 1.807) is 5.57 Å². The molecule has 0 heterocycles.